The van der Waals surface area contributed by atoms with Crippen LogP contribution in [0.15, 0.2) is 24.5 Å². The number of hydrogen-bond acceptors (Lipinski definition) is 6. The topological polar surface area (TPSA) is 70.8 Å². The molecule has 0 aliphatic carbocycles. The Morgan fingerprint density at radius 1 is 1.38 bits per heavy atom. The smallest absolute Gasteiger partial charge is 0.189 e. The molecule has 0 amide bonds. The summed E-state index contributed by atoms with van der Waals surface area (Å²) in [7, 11) is 1.59. The maximum absolute atomic E-state index is 8.65. The van der Waals surface area contributed by atoms with Gasteiger partial charge in [0.1, 0.15) is 22.5 Å². The lowest BCUT2D eigenvalue weighted by molar-refractivity contribution is 0.413. The highest BCUT2D eigenvalue weighted by atomic mass is 32.1. The van der Waals surface area contributed by atoms with E-state index in [0.717, 1.165) is 0 Å². The van der Waals surface area contributed by atoms with E-state index in [1.165, 1.54) is 17.5 Å². The molecule has 2 heterocycles. The minimum Gasteiger partial charge on any atom is -0.495 e. The average Bonchev–Trinajstić information content (AvgIpc) is 2.78. The summed E-state index contributed by atoms with van der Waals surface area (Å²) < 4.78 is 4.99. The van der Waals surface area contributed by atoms with Crippen LogP contribution >= 0.6 is 11.3 Å². The van der Waals surface area contributed by atoms with E-state index < -0.39 is 0 Å². The van der Waals surface area contributed by atoms with Crippen molar-refractivity contribution in [2.75, 3.05) is 12.4 Å². The summed E-state index contributed by atoms with van der Waals surface area (Å²) in [6.07, 6.45) is 3.14. The fourth-order valence-corrected chi connectivity index (χ4v) is 1.69. The molecule has 6 heteroatoms. The predicted octanol–water partition coefficient (Wildman–Crippen LogP) is 2.16. The molecule has 0 bridgehead atoms. The van der Waals surface area contributed by atoms with Crippen LogP contribution in [0.5, 0.6) is 5.75 Å². The summed E-state index contributed by atoms with van der Waals surface area (Å²) in [5, 5.41) is 12.3. The fraction of sp³-hybridized carbons (Fsp3) is 0.100. The number of nitrogens with one attached hydrogen (secondary N) is 1. The van der Waals surface area contributed by atoms with Gasteiger partial charge in [0.2, 0.25) is 0 Å². The molecular weight excluding hydrogens is 224 g/mol. The van der Waals surface area contributed by atoms with Gasteiger partial charge >= 0.3 is 0 Å². The van der Waals surface area contributed by atoms with Crippen molar-refractivity contribution >= 4 is 22.3 Å². The van der Waals surface area contributed by atoms with Gasteiger partial charge < -0.3 is 10.1 Å². The first-order chi connectivity index (χ1) is 7.81. The van der Waals surface area contributed by atoms with Crippen LogP contribution in [0, 0.1) is 11.3 Å². The van der Waals surface area contributed by atoms with Crippen molar-refractivity contribution in [1.29, 1.82) is 5.26 Å². The molecule has 0 fully saturated rings. The van der Waals surface area contributed by atoms with E-state index in [1.54, 1.807) is 25.4 Å². The predicted molar refractivity (Wildman–Crippen MR) is 60.9 cm³/mol. The van der Waals surface area contributed by atoms with Crippen molar-refractivity contribution in [1.82, 2.24) is 9.97 Å². The first kappa shape index (κ1) is 10.4. The summed E-state index contributed by atoms with van der Waals surface area (Å²) in [6, 6.07) is 5.61. The van der Waals surface area contributed by atoms with Gasteiger partial charge in [-0.3, -0.25) is 0 Å². The number of hydrogen-bond donors (Lipinski definition) is 1. The van der Waals surface area contributed by atoms with E-state index in [9.17, 15) is 0 Å². The van der Waals surface area contributed by atoms with Crippen molar-refractivity contribution < 1.29 is 4.74 Å². The van der Waals surface area contributed by atoms with Gasteiger partial charge in [0.25, 0.3) is 0 Å². The molecular formula is C10H8N4OS. The molecule has 2 aromatic heterocycles. The minimum absolute atomic E-state index is 0.566. The fourth-order valence-electron chi connectivity index (χ4n) is 1.07. The molecule has 0 spiro atoms. The maximum atomic E-state index is 8.65. The van der Waals surface area contributed by atoms with E-state index in [1.807, 2.05) is 6.07 Å². The van der Waals surface area contributed by atoms with Crippen LogP contribution in [-0.2, 0) is 0 Å². The van der Waals surface area contributed by atoms with Crippen molar-refractivity contribution in [2.45, 2.75) is 0 Å². The summed E-state index contributed by atoms with van der Waals surface area (Å²) >= 11 is 1.28. The summed E-state index contributed by atoms with van der Waals surface area (Å²) in [5.41, 5.74) is 0. The summed E-state index contributed by atoms with van der Waals surface area (Å²) in [6.45, 7) is 0. The summed E-state index contributed by atoms with van der Waals surface area (Å²) in [5.74, 6) is 1.36. The molecule has 2 rings (SSSR count). The largest absolute Gasteiger partial charge is 0.495 e. The van der Waals surface area contributed by atoms with Crippen molar-refractivity contribution in [3.8, 4) is 11.8 Å². The standard InChI is InChI=1S/C10H8N4OS/c1-15-7-2-3-9(12-5-7)14-10-13-6-8(4-11)16-10/h2-3,5-6H,1H3,(H,12,13,14). The van der Waals surface area contributed by atoms with Crippen LogP contribution in [-0.4, -0.2) is 17.1 Å². The number of pyridine rings is 1. The van der Waals surface area contributed by atoms with E-state index >= 15 is 0 Å². The second-order valence-corrected chi connectivity index (χ2v) is 3.88. The lowest BCUT2D eigenvalue weighted by atomic mass is 10.4. The molecule has 1 N–H and O–H groups in total. The molecule has 0 saturated carbocycles. The van der Waals surface area contributed by atoms with E-state index in [-0.39, 0.29) is 0 Å². The van der Waals surface area contributed by atoms with Gasteiger partial charge in [0, 0.05) is 0 Å². The number of nitrogens with zero attached hydrogens (tertiary/aromatic N) is 3. The third-order valence-corrected chi connectivity index (χ3v) is 2.64. The van der Waals surface area contributed by atoms with Crippen molar-refractivity contribution in [2.24, 2.45) is 0 Å². The van der Waals surface area contributed by atoms with Crippen LogP contribution in [0.25, 0.3) is 0 Å². The van der Waals surface area contributed by atoms with Crippen LogP contribution in [0.2, 0.25) is 0 Å². The third-order valence-electron chi connectivity index (χ3n) is 1.82. The van der Waals surface area contributed by atoms with Gasteiger partial charge in [0.15, 0.2) is 5.13 Å². The Morgan fingerprint density at radius 2 is 2.25 bits per heavy atom. The highest BCUT2D eigenvalue weighted by Gasteiger charge is 2.02. The van der Waals surface area contributed by atoms with Gasteiger partial charge in [-0.2, -0.15) is 5.26 Å². The number of thiazole rings is 1. The molecule has 80 valence electrons. The molecule has 0 radical (unpaired) electrons. The molecule has 0 aliphatic heterocycles. The van der Waals surface area contributed by atoms with E-state index in [2.05, 4.69) is 15.3 Å². The Labute approximate surface area is 96.4 Å². The van der Waals surface area contributed by atoms with Gasteiger partial charge in [-0.25, -0.2) is 9.97 Å². The highest BCUT2D eigenvalue weighted by Crippen LogP contribution is 2.21. The molecule has 0 aliphatic rings. The van der Waals surface area contributed by atoms with Crippen LogP contribution in [0.4, 0.5) is 10.9 Å². The van der Waals surface area contributed by atoms with Crippen LogP contribution in [0.1, 0.15) is 4.88 Å². The van der Waals surface area contributed by atoms with Crippen molar-refractivity contribution in [3.05, 3.63) is 29.4 Å². The minimum atomic E-state index is 0.566. The quantitative estimate of drug-likeness (QED) is 0.878. The van der Waals surface area contributed by atoms with E-state index in [0.29, 0.717) is 21.6 Å². The highest BCUT2D eigenvalue weighted by molar-refractivity contribution is 7.16. The zero-order valence-corrected chi connectivity index (χ0v) is 9.28. The Balaban J connectivity index is 2.11. The van der Waals surface area contributed by atoms with E-state index in [4.69, 9.17) is 10.00 Å². The maximum Gasteiger partial charge on any atom is 0.189 e. The van der Waals surface area contributed by atoms with Crippen LogP contribution < -0.4 is 10.1 Å². The van der Waals surface area contributed by atoms with Gasteiger partial charge in [-0.1, -0.05) is 11.3 Å². The third kappa shape index (κ3) is 2.27. The zero-order valence-electron chi connectivity index (χ0n) is 8.47. The molecule has 16 heavy (non-hydrogen) atoms. The first-order valence-corrected chi connectivity index (χ1v) is 5.26. The van der Waals surface area contributed by atoms with Gasteiger partial charge in [-0.05, 0) is 12.1 Å². The second kappa shape index (κ2) is 4.59. The van der Waals surface area contributed by atoms with Gasteiger partial charge in [-0.15, -0.1) is 0 Å². The molecule has 5 nitrogen and oxygen atoms in total. The second-order valence-electron chi connectivity index (χ2n) is 2.85. The lowest BCUT2D eigenvalue weighted by Gasteiger charge is -2.02. The average molecular weight is 232 g/mol. The van der Waals surface area contributed by atoms with Crippen molar-refractivity contribution in [3.63, 3.8) is 0 Å². The number of aromatic nitrogens is 2. The number of methoxy groups -OCH3 is 1. The lowest BCUT2D eigenvalue weighted by Crippen LogP contribution is -1.92. The molecule has 0 unspecified atom stereocenters. The number of ether oxygens (including phenoxy) is 1. The molecule has 2 aromatic rings. The number of nitriles is 1. The Morgan fingerprint density at radius 3 is 2.81 bits per heavy atom. The molecule has 0 aromatic carbocycles. The first-order valence-electron chi connectivity index (χ1n) is 4.45. The number of rotatable bonds is 3. The molecule has 0 atom stereocenters. The summed E-state index contributed by atoms with van der Waals surface area (Å²) in [4.78, 5) is 8.73. The van der Waals surface area contributed by atoms with Crippen LogP contribution in [0.3, 0.4) is 0 Å². The normalized spacial score (nSPS) is 9.50. The SMILES string of the molecule is COc1ccc(Nc2ncc(C#N)s2)nc1. The molecule has 0 saturated heterocycles. The zero-order chi connectivity index (χ0) is 11.4. The Hall–Kier alpha value is -2.13. The van der Waals surface area contributed by atoms with Gasteiger partial charge in [0.05, 0.1) is 19.5 Å². The Kier molecular flexibility index (Phi) is 2.98. The number of anilines is 2. The Bertz CT molecular complexity index is 514. The monoisotopic (exact) mass is 232 g/mol.